The van der Waals surface area contributed by atoms with E-state index < -0.39 is 0 Å². The van der Waals surface area contributed by atoms with Crippen LogP contribution in [0.4, 0.5) is 0 Å². The molecule has 1 N–H and O–H groups in total. The molecule has 0 saturated carbocycles. The van der Waals surface area contributed by atoms with Crippen molar-refractivity contribution < 1.29 is 4.42 Å². The molecule has 1 heterocycles. The van der Waals surface area contributed by atoms with Gasteiger partial charge in [-0.2, -0.15) is 0 Å². The summed E-state index contributed by atoms with van der Waals surface area (Å²) in [5.74, 6) is 2.06. The topological polar surface area (TPSA) is 25.2 Å². The molecule has 114 valence electrons. The summed E-state index contributed by atoms with van der Waals surface area (Å²) in [7, 11) is 0. The van der Waals surface area contributed by atoms with Gasteiger partial charge in [0.25, 0.3) is 0 Å². The monoisotopic (exact) mass is 349 g/mol. The predicted molar refractivity (Wildman–Crippen MR) is 91.8 cm³/mol. The average Bonchev–Trinajstić information content (AvgIpc) is 2.71. The van der Waals surface area contributed by atoms with Crippen LogP contribution in [-0.4, -0.2) is 6.54 Å². The molecule has 0 spiro atoms. The van der Waals surface area contributed by atoms with Gasteiger partial charge >= 0.3 is 0 Å². The van der Waals surface area contributed by atoms with E-state index in [0.29, 0.717) is 6.04 Å². The number of halogens is 1. The maximum absolute atomic E-state index is 5.82. The van der Waals surface area contributed by atoms with Crippen molar-refractivity contribution in [3.8, 4) is 0 Å². The first-order valence-electron chi connectivity index (χ1n) is 7.57. The third-order valence-corrected chi connectivity index (χ3v) is 4.76. The molecular formula is C18H24BrNO. The zero-order chi connectivity index (χ0) is 15.4. The number of rotatable bonds is 6. The first-order chi connectivity index (χ1) is 10.0. The first kappa shape index (κ1) is 16.3. The number of nitrogens with one attached hydrogen (secondary N) is 1. The lowest BCUT2D eigenvalue weighted by atomic mass is 9.95. The van der Waals surface area contributed by atoms with Gasteiger partial charge < -0.3 is 9.73 Å². The van der Waals surface area contributed by atoms with Gasteiger partial charge in [-0.15, -0.1) is 0 Å². The third-order valence-electron chi connectivity index (χ3n) is 3.99. The molecule has 1 aromatic carbocycles. The molecule has 1 aromatic heterocycles. The molecule has 0 fully saturated rings. The Morgan fingerprint density at radius 1 is 1.14 bits per heavy atom. The van der Waals surface area contributed by atoms with Crippen molar-refractivity contribution in [3.63, 3.8) is 0 Å². The van der Waals surface area contributed by atoms with Crippen LogP contribution >= 0.6 is 15.9 Å². The van der Waals surface area contributed by atoms with Crippen LogP contribution in [0.15, 0.2) is 33.2 Å². The van der Waals surface area contributed by atoms with E-state index in [1.54, 1.807) is 0 Å². The van der Waals surface area contributed by atoms with Crippen molar-refractivity contribution in [2.24, 2.45) is 0 Å². The van der Waals surface area contributed by atoms with Gasteiger partial charge in [0.05, 0.1) is 0 Å². The van der Waals surface area contributed by atoms with Crippen molar-refractivity contribution in [2.75, 3.05) is 6.54 Å². The summed E-state index contributed by atoms with van der Waals surface area (Å²) in [6.45, 7) is 9.47. The molecule has 0 aliphatic carbocycles. The maximum Gasteiger partial charge on any atom is 0.106 e. The summed E-state index contributed by atoms with van der Waals surface area (Å²) in [6, 6.07) is 8.73. The highest BCUT2D eigenvalue weighted by molar-refractivity contribution is 9.10. The normalized spacial score (nSPS) is 12.6. The second-order valence-corrected chi connectivity index (χ2v) is 6.41. The SMILES string of the molecule is CCCNC(Cc1ccccc1Br)c1c(C)oc(C)c1C. The van der Waals surface area contributed by atoms with Crippen molar-refractivity contribution in [1.29, 1.82) is 0 Å². The van der Waals surface area contributed by atoms with Crippen LogP contribution in [0.25, 0.3) is 0 Å². The number of hydrogen-bond donors (Lipinski definition) is 1. The zero-order valence-electron chi connectivity index (χ0n) is 13.3. The number of benzene rings is 1. The van der Waals surface area contributed by atoms with Gasteiger partial charge in [0.15, 0.2) is 0 Å². The fourth-order valence-electron chi connectivity index (χ4n) is 2.80. The second-order valence-electron chi connectivity index (χ2n) is 5.56. The van der Waals surface area contributed by atoms with E-state index in [9.17, 15) is 0 Å². The van der Waals surface area contributed by atoms with E-state index in [2.05, 4.69) is 66.3 Å². The number of hydrogen-bond acceptors (Lipinski definition) is 2. The Kier molecular flexibility index (Phi) is 5.65. The van der Waals surface area contributed by atoms with Gasteiger partial charge in [0, 0.05) is 16.1 Å². The van der Waals surface area contributed by atoms with Crippen LogP contribution in [0.1, 0.15) is 47.6 Å². The van der Waals surface area contributed by atoms with Crippen LogP contribution in [0.3, 0.4) is 0 Å². The van der Waals surface area contributed by atoms with E-state index in [1.165, 1.54) is 21.2 Å². The second kappa shape index (κ2) is 7.28. The highest BCUT2D eigenvalue weighted by Crippen LogP contribution is 2.31. The Morgan fingerprint density at radius 3 is 2.43 bits per heavy atom. The van der Waals surface area contributed by atoms with Crippen molar-refractivity contribution >= 4 is 15.9 Å². The van der Waals surface area contributed by atoms with Crippen LogP contribution in [0.2, 0.25) is 0 Å². The van der Waals surface area contributed by atoms with Crippen LogP contribution in [0.5, 0.6) is 0 Å². The summed E-state index contributed by atoms with van der Waals surface area (Å²) in [5, 5.41) is 3.68. The van der Waals surface area contributed by atoms with E-state index in [0.717, 1.165) is 30.9 Å². The van der Waals surface area contributed by atoms with Gasteiger partial charge in [-0.3, -0.25) is 0 Å². The summed E-state index contributed by atoms with van der Waals surface area (Å²) in [5.41, 5.74) is 3.91. The largest absolute Gasteiger partial charge is 0.466 e. The highest BCUT2D eigenvalue weighted by atomic mass is 79.9. The Hall–Kier alpha value is -1.06. The standard InChI is InChI=1S/C18H24BrNO/c1-5-10-20-17(11-15-8-6-7-9-16(15)19)18-12(2)13(3)21-14(18)4/h6-9,17,20H,5,10-11H2,1-4H3. The molecule has 1 atom stereocenters. The molecule has 0 amide bonds. The molecule has 0 bridgehead atoms. The minimum absolute atomic E-state index is 0.293. The number of furan rings is 1. The maximum atomic E-state index is 5.82. The lowest BCUT2D eigenvalue weighted by molar-refractivity contribution is 0.480. The fourth-order valence-corrected chi connectivity index (χ4v) is 3.25. The lowest BCUT2D eigenvalue weighted by Crippen LogP contribution is -2.25. The van der Waals surface area contributed by atoms with Crippen molar-refractivity contribution in [2.45, 2.75) is 46.6 Å². The van der Waals surface area contributed by atoms with E-state index >= 15 is 0 Å². The van der Waals surface area contributed by atoms with E-state index in [4.69, 9.17) is 4.42 Å². The van der Waals surface area contributed by atoms with E-state index in [1.807, 2.05) is 6.92 Å². The summed E-state index contributed by atoms with van der Waals surface area (Å²) in [4.78, 5) is 0. The zero-order valence-corrected chi connectivity index (χ0v) is 14.9. The van der Waals surface area contributed by atoms with Gasteiger partial charge in [-0.1, -0.05) is 41.1 Å². The summed E-state index contributed by atoms with van der Waals surface area (Å²) in [6.07, 6.45) is 2.09. The van der Waals surface area contributed by atoms with Crippen LogP contribution in [0, 0.1) is 20.8 Å². The fraction of sp³-hybridized carbons (Fsp3) is 0.444. The minimum atomic E-state index is 0.293. The molecule has 3 heteroatoms. The smallest absolute Gasteiger partial charge is 0.106 e. The Labute approximate surface area is 136 Å². The molecule has 0 saturated heterocycles. The quantitative estimate of drug-likeness (QED) is 0.770. The molecule has 1 unspecified atom stereocenters. The lowest BCUT2D eigenvalue weighted by Gasteiger charge is -2.20. The highest BCUT2D eigenvalue weighted by Gasteiger charge is 2.21. The molecule has 2 aromatic rings. The van der Waals surface area contributed by atoms with Crippen LogP contribution < -0.4 is 5.32 Å². The first-order valence-corrected chi connectivity index (χ1v) is 8.37. The summed E-state index contributed by atoms with van der Waals surface area (Å²) < 4.78 is 6.99. The van der Waals surface area contributed by atoms with Gasteiger partial charge in [0.2, 0.25) is 0 Å². The van der Waals surface area contributed by atoms with Gasteiger partial charge in [0.1, 0.15) is 11.5 Å². The average molecular weight is 350 g/mol. The minimum Gasteiger partial charge on any atom is -0.466 e. The summed E-state index contributed by atoms with van der Waals surface area (Å²) >= 11 is 3.66. The molecule has 21 heavy (non-hydrogen) atoms. The Balaban J connectivity index is 2.32. The van der Waals surface area contributed by atoms with Crippen molar-refractivity contribution in [1.82, 2.24) is 5.32 Å². The molecule has 2 rings (SSSR count). The molecule has 0 aliphatic rings. The van der Waals surface area contributed by atoms with Gasteiger partial charge in [-0.25, -0.2) is 0 Å². The Bertz CT molecular complexity index is 603. The van der Waals surface area contributed by atoms with Gasteiger partial charge in [-0.05, 0) is 57.4 Å². The van der Waals surface area contributed by atoms with Crippen molar-refractivity contribution in [3.05, 3.63) is 56.9 Å². The third kappa shape index (κ3) is 3.78. The predicted octanol–water partition coefficient (Wildman–Crippen LogP) is 5.25. The van der Waals surface area contributed by atoms with E-state index in [-0.39, 0.29) is 0 Å². The molecule has 0 aliphatic heterocycles. The molecular weight excluding hydrogens is 326 g/mol. The number of aryl methyl sites for hydroxylation is 2. The Morgan fingerprint density at radius 2 is 1.86 bits per heavy atom. The molecule has 2 nitrogen and oxygen atoms in total. The molecule has 0 radical (unpaired) electrons. The van der Waals surface area contributed by atoms with Crippen LogP contribution in [-0.2, 0) is 6.42 Å².